The lowest BCUT2D eigenvalue weighted by atomic mass is 10.1. The number of carbonyl (C=O) groups excluding carboxylic acids is 1. The molecule has 17 heavy (non-hydrogen) atoms. The number of rotatable bonds is 6. The molecule has 1 aromatic rings. The summed E-state index contributed by atoms with van der Waals surface area (Å²) in [5.41, 5.74) is 0.699. The molecule has 1 unspecified atom stereocenters. The fraction of sp³-hybridized carbons (Fsp3) is 0.462. The van der Waals surface area contributed by atoms with Crippen LogP contribution in [0.2, 0.25) is 0 Å². The maximum atomic E-state index is 11.9. The molecule has 0 aliphatic rings. The van der Waals surface area contributed by atoms with Gasteiger partial charge in [-0.25, -0.2) is 0 Å². The van der Waals surface area contributed by atoms with E-state index in [4.69, 9.17) is 4.74 Å². The van der Waals surface area contributed by atoms with Crippen molar-refractivity contribution >= 4 is 37.6 Å². The van der Waals surface area contributed by atoms with E-state index in [9.17, 15) is 4.79 Å². The Hall–Kier alpha value is -0.350. The second kappa shape index (κ2) is 7.17. The summed E-state index contributed by atoms with van der Waals surface area (Å²) in [5.74, 6) is 0.890. The lowest BCUT2D eigenvalue weighted by Crippen LogP contribution is -2.13. The van der Waals surface area contributed by atoms with Gasteiger partial charge in [-0.15, -0.1) is 0 Å². The maximum Gasteiger partial charge on any atom is 0.176 e. The number of alkyl halides is 1. The Bertz CT molecular complexity index is 391. The highest BCUT2D eigenvalue weighted by molar-refractivity contribution is 9.10. The van der Waals surface area contributed by atoms with Crippen LogP contribution in [0, 0.1) is 0 Å². The van der Waals surface area contributed by atoms with Crippen molar-refractivity contribution in [1.29, 1.82) is 0 Å². The van der Waals surface area contributed by atoms with Crippen LogP contribution in [0.5, 0.6) is 5.75 Å². The molecule has 0 aromatic heterocycles. The average Bonchev–Trinajstić information content (AvgIpc) is 2.35. The molecule has 4 heteroatoms. The molecule has 0 aliphatic heterocycles. The van der Waals surface area contributed by atoms with Crippen molar-refractivity contribution in [3.05, 3.63) is 28.2 Å². The van der Waals surface area contributed by atoms with Crippen LogP contribution in [0.3, 0.4) is 0 Å². The van der Waals surface area contributed by atoms with E-state index >= 15 is 0 Å². The molecule has 0 spiro atoms. The SMILES string of the molecule is CCCOc1ccc(C(=O)C(Br)CC)cc1Br. The van der Waals surface area contributed by atoms with E-state index in [-0.39, 0.29) is 10.6 Å². The zero-order chi connectivity index (χ0) is 12.8. The van der Waals surface area contributed by atoms with Gasteiger partial charge in [0.25, 0.3) is 0 Å². The molecular weight excluding hydrogens is 348 g/mol. The Kier molecular flexibility index (Phi) is 6.20. The van der Waals surface area contributed by atoms with Crippen LogP contribution in [-0.2, 0) is 0 Å². The molecule has 0 radical (unpaired) electrons. The van der Waals surface area contributed by atoms with Gasteiger partial charge in [0.05, 0.1) is 15.9 Å². The van der Waals surface area contributed by atoms with Gasteiger partial charge in [0.1, 0.15) is 5.75 Å². The predicted molar refractivity (Wildman–Crippen MR) is 77.3 cm³/mol. The Morgan fingerprint density at radius 2 is 2.12 bits per heavy atom. The molecule has 0 amide bonds. The molecule has 0 aliphatic carbocycles. The highest BCUT2D eigenvalue weighted by Gasteiger charge is 2.16. The highest BCUT2D eigenvalue weighted by atomic mass is 79.9. The molecular formula is C13H16Br2O2. The smallest absolute Gasteiger partial charge is 0.176 e. The van der Waals surface area contributed by atoms with E-state index in [2.05, 4.69) is 38.8 Å². The fourth-order valence-electron chi connectivity index (χ4n) is 1.35. The molecule has 0 fully saturated rings. The third kappa shape index (κ3) is 4.11. The number of hydrogen-bond acceptors (Lipinski definition) is 2. The lowest BCUT2D eigenvalue weighted by Gasteiger charge is -2.10. The number of ketones is 1. The van der Waals surface area contributed by atoms with Crippen molar-refractivity contribution in [2.24, 2.45) is 0 Å². The van der Waals surface area contributed by atoms with Gasteiger partial charge < -0.3 is 4.74 Å². The normalized spacial score (nSPS) is 12.2. The van der Waals surface area contributed by atoms with Crippen molar-refractivity contribution in [2.45, 2.75) is 31.5 Å². The number of ether oxygens (including phenoxy) is 1. The van der Waals surface area contributed by atoms with Crippen LogP contribution >= 0.6 is 31.9 Å². The monoisotopic (exact) mass is 362 g/mol. The number of benzene rings is 1. The quantitative estimate of drug-likeness (QED) is 0.545. The minimum atomic E-state index is -0.114. The average molecular weight is 364 g/mol. The molecule has 0 N–H and O–H groups in total. The van der Waals surface area contributed by atoms with Crippen LogP contribution < -0.4 is 4.74 Å². The number of Topliss-reactive ketones (excluding diaryl/α,β-unsaturated/α-hetero) is 1. The summed E-state index contributed by atoms with van der Waals surface area (Å²) in [4.78, 5) is 11.8. The topological polar surface area (TPSA) is 26.3 Å². The van der Waals surface area contributed by atoms with Crippen LogP contribution in [-0.4, -0.2) is 17.2 Å². The van der Waals surface area contributed by atoms with Gasteiger partial charge in [0.2, 0.25) is 0 Å². The standard InChI is InChI=1S/C13H16Br2O2/c1-3-7-17-12-6-5-9(8-11(12)15)13(16)10(14)4-2/h5-6,8,10H,3-4,7H2,1-2H3. The van der Waals surface area contributed by atoms with Gasteiger partial charge >= 0.3 is 0 Å². The van der Waals surface area contributed by atoms with Gasteiger partial charge in [-0.1, -0.05) is 29.8 Å². The predicted octanol–water partition coefficient (Wildman–Crippen LogP) is 4.59. The summed E-state index contributed by atoms with van der Waals surface area (Å²) in [6.07, 6.45) is 1.75. The summed E-state index contributed by atoms with van der Waals surface area (Å²) < 4.78 is 6.36. The van der Waals surface area contributed by atoms with E-state index in [1.54, 1.807) is 0 Å². The van der Waals surface area contributed by atoms with E-state index in [1.807, 2.05) is 25.1 Å². The Balaban J connectivity index is 2.84. The zero-order valence-corrected chi connectivity index (χ0v) is 13.2. The van der Waals surface area contributed by atoms with Gasteiger partial charge in [0, 0.05) is 5.56 Å². The first-order valence-electron chi connectivity index (χ1n) is 5.70. The van der Waals surface area contributed by atoms with Crippen molar-refractivity contribution in [2.75, 3.05) is 6.61 Å². The summed E-state index contributed by atoms with van der Waals surface area (Å²) >= 11 is 6.79. The second-order valence-corrected chi connectivity index (χ2v) is 5.69. The van der Waals surface area contributed by atoms with E-state index in [0.717, 1.165) is 23.1 Å². The number of halogens is 2. The molecule has 94 valence electrons. The first-order valence-corrected chi connectivity index (χ1v) is 7.41. The molecule has 0 saturated carbocycles. The summed E-state index contributed by atoms with van der Waals surface area (Å²) in [7, 11) is 0. The summed E-state index contributed by atoms with van der Waals surface area (Å²) in [6, 6.07) is 5.46. The molecule has 0 bridgehead atoms. The Labute approximate surface area is 119 Å². The van der Waals surface area contributed by atoms with Crippen molar-refractivity contribution in [3.8, 4) is 5.75 Å². The van der Waals surface area contributed by atoms with E-state index in [0.29, 0.717) is 12.2 Å². The molecule has 0 heterocycles. The van der Waals surface area contributed by atoms with Gasteiger partial charge in [-0.05, 0) is 47.0 Å². The van der Waals surface area contributed by atoms with Gasteiger partial charge in [-0.3, -0.25) is 4.79 Å². The summed E-state index contributed by atoms with van der Waals surface area (Å²) in [5, 5.41) is 0. The first-order chi connectivity index (χ1) is 8.10. The van der Waals surface area contributed by atoms with Crippen LogP contribution in [0.25, 0.3) is 0 Å². The molecule has 0 saturated heterocycles. The molecule has 1 atom stereocenters. The highest BCUT2D eigenvalue weighted by Crippen LogP contribution is 2.27. The zero-order valence-electron chi connectivity index (χ0n) is 10.0. The van der Waals surface area contributed by atoms with Crippen LogP contribution in [0.1, 0.15) is 37.0 Å². The summed E-state index contributed by atoms with van der Waals surface area (Å²) in [6.45, 7) is 4.72. The van der Waals surface area contributed by atoms with Crippen molar-refractivity contribution in [1.82, 2.24) is 0 Å². The largest absolute Gasteiger partial charge is 0.492 e. The maximum absolute atomic E-state index is 11.9. The van der Waals surface area contributed by atoms with E-state index < -0.39 is 0 Å². The third-order valence-electron chi connectivity index (χ3n) is 2.32. The number of carbonyl (C=O) groups is 1. The lowest BCUT2D eigenvalue weighted by molar-refractivity contribution is 0.0990. The minimum Gasteiger partial charge on any atom is -0.492 e. The van der Waals surface area contributed by atoms with Crippen LogP contribution in [0.15, 0.2) is 22.7 Å². The molecule has 1 aromatic carbocycles. The van der Waals surface area contributed by atoms with Gasteiger partial charge in [-0.2, -0.15) is 0 Å². The second-order valence-electron chi connectivity index (χ2n) is 3.73. The Morgan fingerprint density at radius 3 is 2.65 bits per heavy atom. The van der Waals surface area contributed by atoms with Crippen molar-refractivity contribution in [3.63, 3.8) is 0 Å². The van der Waals surface area contributed by atoms with Crippen LogP contribution in [0.4, 0.5) is 0 Å². The number of hydrogen-bond donors (Lipinski definition) is 0. The molecule has 1 rings (SSSR count). The fourth-order valence-corrected chi connectivity index (χ4v) is 2.11. The first kappa shape index (κ1) is 14.7. The van der Waals surface area contributed by atoms with Gasteiger partial charge in [0.15, 0.2) is 5.78 Å². The third-order valence-corrected chi connectivity index (χ3v) is 4.00. The van der Waals surface area contributed by atoms with E-state index in [1.165, 1.54) is 0 Å². The molecule has 2 nitrogen and oxygen atoms in total. The van der Waals surface area contributed by atoms with Crippen molar-refractivity contribution < 1.29 is 9.53 Å². The minimum absolute atomic E-state index is 0.107. The Morgan fingerprint density at radius 1 is 1.41 bits per heavy atom.